The summed E-state index contributed by atoms with van der Waals surface area (Å²) >= 11 is 0. The number of rotatable bonds is 13. The number of aromatic nitrogens is 1. The Morgan fingerprint density at radius 2 is 1.65 bits per heavy atom. The monoisotopic (exact) mass is 530 g/mol. The molecule has 3 aromatic rings. The summed E-state index contributed by atoms with van der Waals surface area (Å²) < 4.78 is 12.3. The van der Waals surface area contributed by atoms with Crippen LogP contribution in [0, 0.1) is 5.92 Å². The van der Waals surface area contributed by atoms with Gasteiger partial charge in [-0.2, -0.15) is 0 Å². The molecule has 200 valence electrons. The Hall–Kier alpha value is -3.01. The lowest BCUT2D eigenvalue weighted by Gasteiger charge is -2.28. The molecule has 0 saturated heterocycles. The molecule has 0 spiro atoms. The summed E-state index contributed by atoms with van der Waals surface area (Å²) in [5, 5.41) is 15.7. The van der Waals surface area contributed by atoms with Crippen LogP contribution in [0.2, 0.25) is 0 Å². The maximum atomic E-state index is 13.3. The summed E-state index contributed by atoms with van der Waals surface area (Å²) in [4.78, 5) is 49.0. The molecule has 1 unspecified atom stereocenters. The number of hydrogen-bond acceptors (Lipinski definition) is 5. The molecule has 3 atom stereocenters. The highest BCUT2D eigenvalue weighted by molar-refractivity contribution is 7.52. The van der Waals surface area contributed by atoms with E-state index in [-0.39, 0.29) is 25.2 Å². The van der Waals surface area contributed by atoms with Crippen molar-refractivity contribution in [2.24, 2.45) is 5.92 Å². The van der Waals surface area contributed by atoms with Gasteiger partial charge in [0.1, 0.15) is 11.8 Å². The number of H-pyrrole nitrogens is 1. The average molecular weight is 531 g/mol. The van der Waals surface area contributed by atoms with Gasteiger partial charge in [-0.05, 0) is 42.4 Å². The predicted octanol–water partition coefficient (Wildman–Crippen LogP) is 2.84. The Balaban J connectivity index is 1.77. The van der Waals surface area contributed by atoms with Crippen LogP contribution in [-0.4, -0.2) is 49.7 Å². The highest BCUT2D eigenvalue weighted by atomic mass is 31.2. The van der Waals surface area contributed by atoms with Crippen molar-refractivity contribution in [3.05, 3.63) is 71.9 Å². The molecule has 11 heteroatoms. The van der Waals surface area contributed by atoms with Crippen LogP contribution in [0.4, 0.5) is 0 Å². The van der Waals surface area contributed by atoms with E-state index in [0.29, 0.717) is 6.42 Å². The fourth-order valence-corrected chi connectivity index (χ4v) is 5.17. The van der Waals surface area contributed by atoms with Gasteiger partial charge < -0.3 is 20.1 Å². The highest BCUT2D eigenvalue weighted by Crippen LogP contribution is 2.42. The minimum atomic E-state index is -4.60. The zero-order chi connectivity index (χ0) is 27.0. The zero-order valence-electron chi connectivity index (χ0n) is 20.9. The largest absolute Gasteiger partial charge is 0.361 e. The normalized spacial score (nSPS) is 14.3. The zero-order valence-corrected chi connectivity index (χ0v) is 21.8. The van der Waals surface area contributed by atoms with Gasteiger partial charge in [0.25, 0.3) is 5.91 Å². The van der Waals surface area contributed by atoms with E-state index in [1.807, 2.05) is 68.4 Å². The van der Waals surface area contributed by atoms with E-state index in [4.69, 9.17) is 0 Å². The van der Waals surface area contributed by atoms with Crippen LogP contribution in [0.3, 0.4) is 0 Å². The molecule has 37 heavy (non-hydrogen) atoms. The summed E-state index contributed by atoms with van der Waals surface area (Å²) in [5.74, 6) is -2.60. The van der Waals surface area contributed by atoms with E-state index in [0.717, 1.165) is 22.0 Å². The van der Waals surface area contributed by atoms with Crippen LogP contribution < -0.4 is 16.1 Å². The van der Waals surface area contributed by atoms with Crippen molar-refractivity contribution in [2.75, 3.05) is 0 Å². The summed E-state index contributed by atoms with van der Waals surface area (Å²) in [7, 11) is -4.60. The number of nitrogens with one attached hydrogen (secondary N) is 4. The lowest BCUT2D eigenvalue weighted by molar-refractivity contribution is -0.135. The van der Waals surface area contributed by atoms with Gasteiger partial charge in [-0.3, -0.25) is 24.7 Å². The van der Waals surface area contributed by atoms with Crippen LogP contribution in [0.15, 0.2) is 60.8 Å². The highest BCUT2D eigenvalue weighted by Gasteiger charge is 2.34. The van der Waals surface area contributed by atoms with Crippen LogP contribution in [-0.2, 0) is 27.0 Å². The Morgan fingerprint density at radius 1 is 0.973 bits per heavy atom. The third-order valence-electron chi connectivity index (χ3n) is 6.21. The second-order valence-corrected chi connectivity index (χ2v) is 11.4. The smallest absolute Gasteiger partial charge is 0.342 e. The third-order valence-corrected chi connectivity index (χ3v) is 7.43. The van der Waals surface area contributed by atoms with Gasteiger partial charge in [-0.1, -0.05) is 62.4 Å². The minimum Gasteiger partial charge on any atom is -0.361 e. The average Bonchev–Trinajstić information content (AvgIpc) is 3.27. The number of carbonyl (C=O) groups is 2. The van der Waals surface area contributed by atoms with Gasteiger partial charge >= 0.3 is 7.60 Å². The van der Waals surface area contributed by atoms with Gasteiger partial charge in [0.15, 0.2) is 0 Å². The van der Waals surface area contributed by atoms with Gasteiger partial charge in [0.05, 0.1) is 6.04 Å². The quantitative estimate of drug-likeness (QED) is 0.101. The molecule has 0 bridgehead atoms. The molecule has 0 saturated carbocycles. The first-order valence-electron chi connectivity index (χ1n) is 12.2. The van der Waals surface area contributed by atoms with Gasteiger partial charge in [-0.15, -0.1) is 0 Å². The molecule has 2 aromatic carbocycles. The molecule has 2 amide bonds. The van der Waals surface area contributed by atoms with E-state index >= 15 is 0 Å². The SMILES string of the molecule is CC(C)C[C@H](NC(CCc1ccccc1)P(=O)(O)O)C(=O)N[C@@H](Cc1c[nH]c2ccccc12)C(=O)NO. The molecule has 10 nitrogen and oxygen atoms in total. The molecule has 1 heterocycles. The first kappa shape index (κ1) is 28.6. The number of hydroxylamine groups is 1. The standard InChI is InChI=1S/C26H35N4O6P/c1-17(2)14-22(28-24(37(34,35)36)13-12-18-8-4-3-5-9-18)25(31)29-23(26(32)30-33)15-19-16-27-21-11-7-6-10-20(19)21/h3-11,16-17,22-24,27-28,33H,12-15H2,1-2H3,(H,29,31)(H,30,32)(H2,34,35,36)/t22-,23-,24?/m0/s1. The second-order valence-electron chi connectivity index (χ2n) is 9.58. The van der Waals surface area contributed by atoms with Crippen molar-refractivity contribution in [2.45, 2.75) is 57.4 Å². The molecule has 3 rings (SSSR count). The maximum absolute atomic E-state index is 13.3. The number of benzene rings is 2. The number of carbonyl (C=O) groups excluding carboxylic acids is 2. The number of aryl methyl sites for hydroxylation is 1. The number of hydrogen-bond donors (Lipinski definition) is 7. The van der Waals surface area contributed by atoms with Crippen molar-refractivity contribution in [1.82, 2.24) is 21.1 Å². The maximum Gasteiger partial charge on any atom is 0.342 e. The van der Waals surface area contributed by atoms with Crippen molar-refractivity contribution in [3.63, 3.8) is 0 Å². The third kappa shape index (κ3) is 8.24. The van der Waals surface area contributed by atoms with E-state index < -0.39 is 37.3 Å². The number of fused-ring (bicyclic) bond motifs is 1. The molecule has 0 radical (unpaired) electrons. The number of para-hydroxylation sites is 1. The number of amides is 2. The summed E-state index contributed by atoms with van der Waals surface area (Å²) in [5.41, 5.74) is 4.17. The fraction of sp³-hybridized carbons (Fsp3) is 0.385. The van der Waals surface area contributed by atoms with Crippen LogP contribution >= 0.6 is 7.60 Å². The van der Waals surface area contributed by atoms with Crippen LogP contribution in [0.25, 0.3) is 10.9 Å². The van der Waals surface area contributed by atoms with Crippen molar-refractivity contribution in [1.29, 1.82) is 0 Å². The topological polar surface area (TPSA) is 164 Å². The Morgan fingerprint density at radius 3 is 2.30 bits per heavy atom. The van der Waals surface area contributed by atoms with E-state index in [2.05, 4.69) is 15.6 Å². The first-order valence-corrected chi connectivity index (χ1v) is 13.9. The Labute approximate surface area is 216 Å². The minimum absolute atomic E-state index is 0.0218. The van der Waals surface area contributed by atoms with Gasteiger partial charge in [-0.25, -0.2) is 5.48 Å². The Kier molecular flexibility index (Phi) is 10.0. The van der Waals surface area contributed by atoms with Crippen molar-refractivity contribution in [3.8, 4) is 0 Å². The second kappa shape index (κ2) is 13.0. The first-order chi connectivity index (χ1) is 17.6. The predicted molar refractivity (Wildman–Crippen MR) is 141 cm³/mol. The fourth-order valence-electron chi connectivity index (χ4n) is 4.33. The molecular formula is C26H35N4O6P. The van der Waals surface area contributed by atoms with Crippen LogP contribution in [0.1, 0.15) is 37.8 Å². The van der Waals surface area contributed by atoms with E-state index in [1.54, 1.807) is 11.7 Å². The lowest BCUT2D eigenvalue weighted by atomic mass is 10.0. The van der Waals surface area contributed by atoms with Crippen LogP contribution in [0.5, 0.6) is 0 Å². The number of aromatic amines is 1. The van der Waals surface area contributed by atoms with E-state index in [9.17, 15) is 29.1 Å². The molecular weight excluding hydrogens is 495 g/mol. The van der Waals surface area contributed by atoms with Gasteiger partial charge in [0, 0.05) is 23.5 Å². The summed E-state index contributed by atoms with van der Waals surface area (Å²) in [6.07, 6.45) is 2.66. The summed E-state index contributed by atoms with van der Waals surface area (Å²) in [6.45, 7) is 3.78. The molecule has 1 aromatic heterocycles. The Bertz CT molecular complexity index is 1230. The molecule has 0 fully saturated rings. The molecule has 0 aliphatic heterocycles. The lowest BCUT2D eigenvalue weighted by Crippen LogP contribution is -2.55. The van der Waals surface area contributed by atoms with Gasteiger partial charge in [0.2, 0.25) is 5.91 Å². The van der Waals surface area contributed by atoms with E-state index in [1.165, 1.54) is 0 Å². The molecule has 7 N–H and O–H groups in total. The van der Waals surface area contributed by atoms with Crippen molar-refractivity contribution < 1.29 is 29.1 Å². The summed E-state index contributed by atoms with van der Waals surface area (Å²) in [6, 6.07) is 14.7. The van der Waals surface area contributed by atoms with Crippen molar-refractivity contribution >= 4 is 30.3 Å². The molecule has 0 aliphatic rings. The molecule has 0 aliphatic carbocycles.